The summed E-state index contributed by atoms with van der Waals surface area (Å²) >= 11 is 0. The van der Waals surface area contributed by atoms with Crippen LogP contribution in [0.15, 0.2) is 12.5 Å². The zero-order chi connectivity index (χ0) is 11.0. The lowest BCUT2D eigenvalue weighted by molar-refractivity contribution is 0.0994. The van der Waals surface area contributed by atoms with Gasteiger partial charge in [0.1, 0.15) is 0 Å². The number of hydrogen-bond donors (Lipinski definition) is 2. The molecule has 0 radical (unpaired) electrons. The normalized spacial score (nSPS) is 13.7. The summed E-state index contributed by atoms with van der Waals surface area (Å²) in [6.45, 7) is 0.199. The van der Waals surface area contributed by atoms with Gasteiger partial charge in [-0.2, -0.15) is 0 Å². The fraction of sp³-hybridized carbons (Fsp3) is 0.125. The highest BCUT2D eigenvalue weighted by atomic mass is 16.2. The SMILES string of the molecule is NC(=O)c1ncn2c1CN(C(N)=O)C=C2. The molecular formula is C8H9N5O2. The van der Waals surface area contributed by atoms with Crippen molar-refractivity contribution >= 4 is 18.1 Å². The first kappa shape index (κ1) is 9.25. The molecule has 0 aromatic carbocycles. The van der Waals surface area contributed by atoms with E-state index in [0.717, 1.165) is 0 Å². The minimum Gasteiger partial charge on any atom is -0.364 e. The summed E-state index contributed by atoms with van der Waals surface area (Å²) in [5.74, 6) is -0.622. The van der Waals surface area contributed by atoms with Gasteiger partial charge in [-0.1, -0.05) is 0 Å². The van der Waals surface area contributed by atoms with Gasteiger partial charge in [0.15, 0.2) is 5.69 Å². The molecular weight excluding hydrogens is 198 g/mol. The zero-order valence-electron chi connectivity index (χ0n) is 7.75. The third-order valence-corrected chi connectivity index (χ3v) is 2.14. The molecule has 0 fully saturated rings. The van der Waals surface area contributed by atoms with Crippen molar-refractivity contribution in [3.63, 3.8) is 0 Å². The van der Waals surface area contributed by atoms with E-state index in [1.54, 1.807) is 10.8 Å². The van der Waals surface area contributed by atoms with E-state index in [-0.39, 0.29) is 12.2 Å². The van der Waals surface area contributed by atoms with Gasteiger partial charge in [-0.15, -0.1) is 0 Å². The van der Waals surface area contributed by atoms with E-state index in [0.29, 0.717) is 5.69 Å². The van der Waals surface area contributed by atoms with E-state index >= 15 is 0 Å². The number of nitrogens with two attached hydrogens (primary N) is 2. The molecule has 1 aromatic rings. The van der Waals surface area contributed by atoms with Gasteiger partial charge in [0.05, 0.1) is 18.6 Å². The van der Waals surface area contributed by atoms with Crippen LogP contribution in [0.1, 0.15) is 16.2 Å². The number of imidazole rings is 1. The van der Waals surface area contributed by atoms with E-state index in [9.17, 15) is 9.59 Å². The molecule has 0 unspecified atom stereocenters. The Hall–Kier alpha value is -2.31. The molecule has 2 rings (SSSR count). The Balaban J connectivity index is 2.41. The lowest BCUT2D eigenvalue weighted by Crippen LogP contribution is -2.34. The second-order valence-corrected chi connectivity index (χ2v) is 3.08. The van der Waals surface area contributed by atoms with Crippen LogP contribution in [0.4, 0.5) is 4.79 Å². The molecule has 1 aliphatic heterocycles. The lowest BCUT2D eigenvalue weighted by Gasteiger charge is -2.20. The minimum atomic E-state index is -0.622. The number of rotatable bonds is 1. The smallest absolute Gasteiger partial charge is 0.319 e. The van der Waals surface area contributed by atoms with Gasteiger partial charge in [-0.25, -0.2) is 9.78 Å². The van der Waals surface area contributed by atoms with Gasteiger partial charge >= 0.3 is 6.03 Å². The Labute approximate surface area is 85.0 Å². The summed E-state index contributed by atoms with van der Waals surface area (Å²) in [5, 5.41) is 0. The van der Waals surface area contributed by atoms with Crippen molar-refractivity contribution in [1.29, 1.82) is 0 Å². The van der Waals surface area contributed by atoms with E-state index in [1.807, 2.05) is 0 Å². The molecule has 1 aliphatic rings. The molecule has 0 saturated heterocycles. The maximum Gasteiger partial charge on any atom is 0.319 e. The number of nitrogens with zero attached hydrogens (tertiary/aromatic N) is 3. The van der Waals surface area contributed by atoms with Gasteiger partial charge in [-0.3, -0.25) is 9.69 Å². The first-order valence-corrected chi connectivity index (χ1v) is 4.19. The van der Waals surface area contributed by atoms with Gasteiger partial charge in [-0.05, 0) is 0 Å². The molecule has 15 heavy (non-hydrogen) atoms. The second-order valence-electron chi connectivity index (χ2n) is 3.08. The van der Waals surface area contributed by atoms with Crippen LogP contribution >= 0.6 is 0 Å². The molecule has 1 aromatic heterocycles. The summed E-state index contributed by atoms with van der Waals surface area (Å²) in [4.78, 5) is 27.0. The summed E-state index contributed by atoms with van der Waals surface area (Å²) < 4.78 is 1.62. The number of urea groups is 1. The Morgan fingerprint density at radius 1 is 1.33 bits per heavy atom. The number of aromatic nitrogens is 2. The second kappa shape index (κ2) is 3.12. The average Bonchev–Trinajstić information content (AvgIpc) is 2.59. The quantitative estimate of drug-likeness (QED) is 0.635. The van der Waals surface area contributed by atoms with Gasteiger partial charge in [0, 0.05) is 12.4 Å². The molecule has 7 heteroatoms. The van der Waals surface area contributed by atoms with Crippen molar-refractivity contribution in [2.24, 2.45) is 11.5 Å². The van der Waals surface area contributed by atoms with E-state index in [1.165, 1.54) is 17.4 Å². The van der Waals surface area contributed by atoms with Crippen LogP contribution in [-0.2, 0) is 6.54 Å². The fourth-order valence-electron chi connectivity index (χ4n) is 1.39. The first-order chi connectivity index (χ1) is 7.09. The van der Waals surface area contributed by atoms with Gasteiger partial charge in [0.2, 0.25) is 0 Å². The van der Waals surface area contributed by atoms with Crippen molar-refractivity contribution in [3.05, 3.63) is 23.9 Å². The molecule has 0 saturated carbocycles. The van der Waals surface area contributed by atoms with Crippen LogP contribution < -0.4 is 11.5 Å². The molecule has 0 spiro atoms. The van der Waals surface area contributed by atoms with Crippen molar-refractivity contribution in [1.82, 2.24) is 14.5 Å². The van der Waals surface area contributed by atoms with Crippen molar-refractivity contribution in [2.75, 3.05) is 0 Å². The van der Waals surface area contributed by atoms with Crippen LogP contribution in [0.2, 0.25) is 0 Å². The van der Waals surface area contributed by atoms with E-state index < -0.39 is 11.9 Å². The minimum absolute atomic E-state index is 0.158. The van der Waals surface area contributed by atoms with Crippen LogP contribution in [0, 0.1) is 0 Å². The van der Waals surface area contributed by atoms with Crippen LogP contribution in [0.5, 0.6) is 0 Å². The standard InChI is InChI=1S/C8H9N5O2/c9-7(14)6-5-3-12(8(10)15)1-2-13(5)4-11-6/h1-2,4H,3H2,(H2,9,14)(H2,10,15). The molecule has 0 atom stereocenters. The molecule has 0 bridgehead atoms. The molecule has 78 valence electrons. The molecule has 3 amide bonds. The number of carbonyl (C=O) groups is 2. The lowest BCUT2D eigenvalue weighted by atomic mass is 10.2. The predicted octanol–water partition coefficient (Wildman–Crippen LogP) is -0.696. The number of carbonyl (C=O) groups excluding carboxylic acids is 2. The number of primary amides is 2. The van der Waals surface area contributed by atoms with Crippen LogP contribution in [-0.4, -0.2) is 26.4 Å². The summed E-state index contributed by atoms with van der Waals surface area (Å²) in [7, 11) is 0. The van der Waals surface area contributed by atoms with Crippen LogP contribution in [0.25, 0.3) is 6.20 Å². The summed E-state index contributed by atoms with van der Waals surface area (Å²) in [5.41, 5.74) is 11.0. The Kier molecular flexibility index (Phi) is 1.93. The fourth-order valence-corrected chi connectivity index (χ4v) is 1.39. The van der Waals surface area contributed by atoms with E-state index in [2.05, 4.69) is 4.98 Å². The van der Waals surface area contributed by atoms with Crippen molar-refractivity contribution < 1.29 is 9.59 Å². The third-order valence-electron chi connectivity index (χ3n) is 2.14. The molecule has 0 aliphatic carbocycles. The highest BCUT2D eigenvalue weighted by molar-refractivity contribution is 5.92. The van der Waals surface area contributed by atoms with Crippen molar-refractivity contribution in [3.8, 4) is 0 Å². The number of amides is 3. The van der Waals surface area contributed by atoms with Crippen LogP contribution in [0.3, 0.4) is 0 Å². The van der Waals surface area contributed by atoms with E-state index in [4.69, 9.17) is 11.5 Å². The maximum absolute atomic E-state index is 11.0. The Morgan fingerprint density at radius 3 is 2.67 bits per heavy atom. The van der Waals surface area contributed by atoms with Gasteiger partial charge in [0.25, 0.3) is 5.91 Å². The monoisotopic (exact) mass is 207 g/mol. The van der Waals surface area contributed by atoms with Crippen molar-refractivity contribution in [2.45, 2.75) is 6.54 Å². The Morgan fingerprint density at radius 2 is 2.07 bits per heavy atom. The first-order valence-electron chi connectivity index (χ1n) is 4.19. The molecule has 4 N–H and O–H groups in total. The summed E-state index contributed by atoms with van der Waals surface area (Å²) in [6, 6.07) is -0.589. The number of fused-ring (bicyclic) bond motifs is 1. The zero-order valence-corrected chi connectivity index (χ0v) is 7.75. The number of hydrogen-bond acceptors (Lipinski definition) is 3. The Bertz CT molecular complexity index is 462. The third kappa shape index (κ3) is 1.43. The highest BCUT2D eigenvalue weighted by Crippen LogP contribution is 2.15. The maximum atomic E-state index is 11.0. The summed E-state index contributed by atoms with van der Waals surface area (Å²) in [6.07, 6.45) is 4.56. The average molecular weight is 207 g/mol. The molecule has 7 nitrogen and oxygen atoms in total. The predicted molar refractivity (Wildman–Crippen MR) is 51.2 cm³/mol. The largest absolute Gasteiger partial charge is 0.364 e. The highest BCUT2D eigenvalue weighted by Gasteiger charge is 2.21. The molecule has 2 heterocycles. The van der Waals surface area contributed by atoms with Gasteiger partial charge < -0.3 is 16.0 Å². The topological polar surface area (TPSA) is 107 Å².